The van der Waals surface area contributed by atoms with E-state index in [1.807, 2.05) is 149 Å². The van der Waals surface area contributed by atoms with Gasteiger partial charge in [0.15, 0.2) is 5.75 Å². The van der Waals surface area contributed by atoms with Gasteiger partial charge in [0, 0.05) is 22.4 Å². The molecule has 0 aliphatic heterocycles. The van der Waals surface area contributed by atoms with Crippen molar-refractivity contribution in [2.45, 2.75) is 33.2 Å². The first kappa shape index (κ1) is 41.3. The van der Waals surface area contributed by atoms with Crippen LogP contribution in [0.15, 0.2) is 188 Å². The van der Waals surface area contributed by atoms with Gasteiger partial charge in [-0.15, -0.1) is 0 Å². The summed E-state index contributed by atoms with van der Waals surface area (Å²) >= 11 is 0. The molecule has 0 aliphatic rings. The van der Waals surface area contributed by atoms with E-state index in [4.69, 9.17) is 4.18 Å². The van der Waals surface area contributed by atoms with E-state index in [1.54, 1.807) is 76.5 Å². The van der Waals surface area contributed by atoms with Crippen molar-refractivity contribution in [1.29, 1.82) is 0 Å². The monoisotopic (exact) mass is 820 g/mol. The van der Waals surface area contributed by atoms with Crippen LogP contribution in [0.25, 0.3) is 33.0 Å². The minimum absolute atomic E-state index is 0.0721. The van der Waals surface area contributed by atoms with Gasteiger partial charge < -0.3 is 14.0 Å². The summed E-state index contributed by atoms with van der Waals surface area (Å²) in [6, 6.07) is 58.3. The molecule has 5 nitrogen and oxygen atoms in total. The molecule has 8 aromatic rings. The summed E-state index contributed by atoms with van der Waals surface area (Å²) in [5.41, 5.74) is 2.69. The fraction of sp³-hybridized carbons (Fsp3) is 0.0980. The molecule has 0 aromatic heterocycles. The van der Waals surface area contributed by atoms with E-state index in [0.717, 1.165) is 44.2 Å². The second-order valence-electron chi connectivity index (χ2n) is 13.8. The Balaban J connectivity index is 0.00000268. The van der Waals surface area contributed by atoms with Crippen LogP contribution >= 0.6 is 0 Å². The van der Waals surface area contributed by atoms with E-state index in [0.29, 0.717) is 22.7 Å². The topological polar surface area (TPSA) is 49.9 Å². The van der Waals surface area contributed by atoms with Crippen molar-refractivity contribution in [1.82, 2.24) is 0 Å². The number of nitrogens with zero attached hydrogens (tertiary/aromatic N) is 2. The number of para-hydroxylation sites is 3. The zero-order chi connectivity index (χ0) is 42.4. The van der Waals surface area contributed by atoms with Crippen molar-refractivity contribution < 1.29 is 25.8 Å². The Labute approximate surface area is 349 Å². The van der Waals surface area contributed by atoms with Gasteiger partial charge in [0.05, 0.1) is 17.1 Å². The van der Waals surface area contributed by atoms with Gasteiger partial charge in [-0.05, 0) is 107 Å². The van der Waals surface area contributed by atoms with E-state index in [-0.39, 0.29) is 11.4 Å². The van der Waals surface area contributed by atoms with Gasteiger partial charge >= 0.3 is 15.6 Å². The van der Waals surface area contributed by atoms with Crippen molar-refractivity contribution in [3.05, 3.63) is 199 Å². The minimum atomic E-state index is -6.19. The largest absolute Gasteiger partial charge is 0.534 e. The molecule has 60 heavy (non-hydrogen) atoms. The molecule has 0 saturated carbocycles. The Morgan fingerprint density at radius 2 is 0.950 bits per heavy atom. The molecular formula is C51H43F3N2O3S. The SMILES string of the molecule is CC.Cc1ccccc1-c1ccc(N(c2cccc(N(c3ccccc3)c3ccccc3)c2OS(=O)(=O)C(F)(F)F)c2ccc(-c3ccccc3)c3ccccc23)cc1C. The maximum absolute atomic E-state index is 14.4. The Hall–Kier alpha value is -6.84. The van der Waals surface area contributed by atoms with E-state index < -0.39 is 21.4 Å². The standard InChI is InChI=1S/C49H37F3N2O3S.C2H6/c1-34-17-12-13-24-40(34)41-30-29-39(33-35(41)2)54(45-32-31-42(36-18-6-3-7-19-36)43-25-14-15-26-44(43)45)47-28-16-27-46(48(47)57-58(55,56)49(50,51)52)53(37-20-8-4-9-21-37)38-22-10-5-11-23-38;1-2/h3-33H,1-2H3;1-2H3. The number of fused-ring (bicyclic) bond motifs is 1. The highest BCUT2D eigenvalue weighted by atomic mass is 32.2. The molecule has 0 radical (unpaired) electrons. The third kappa shape index (κ3) is 8.22. The van der Waals surface area contributed by atoms with Crippen LogP contribution in [-0.4, -0.2) is 13.9 Å². The van der Waals surface area contributed by atoms with Crippen molar-refractivity contribution in [3.63, 3.8) is 0 Å². The normalized spacial score (nSPS) is 11.4. The van der Waals surface area contributed by atoms with Crippen LogP contribution in [0.1, 0.15) is 25.0 Å². The quantitative estimate of drug-likeness (QED) is 0.102. The number of anilines is 6. The minimum Gasteiger partial charge on any atom is -0.371 e. The fourth-order valence-electron chi connectivity index (χ4n) is 7.41. The van der Waals surface area contributed by atoms with Gasteiger partial charge in [0.1, 0.15) is 0 Å². The molecule has 0 heterocycles. The average Bonchev–Trinajstić information content (AvgIpc) is 3.26. The smallest absolute Gasteiger partial charge is 0.371 e. The number of benzene rings is 8. The lowest BCUT2D eigenvalue weighted by Crippen LogP contribution is -2.29. The van der Waals surface area contributed by atoms with Crippen LogP contribution in [0.2, 0.25) is 0 Å². The molecule has 0 bridgehead atoms. The van der Waals surface area contributed by atoms with Gasteiger partial charge in [-0.25, -0.2) is 0 Å². The predicted molar refractivity (Wildman–Crippen MR) is 241 cm³/mol. The van der Waals surface area contributed by atoms with Crippen molar-refractivity contribution in [2.75, 3.05) is 9.80 Å². The molecule has 0 unspecified atom stereocenters. The zero-order valence-corrected chi connectivity index (χ0v) is 34.4. The Morgan fingerprint density at radius 1 is 0.450 bits per heavy atom. The molecule has 0 saturated heterocycles. The molecule has 0 N–H and O–H groups in total. The molecule has 8 rings (SSSR count). The van der Waals surface area contributed by atoms with Crippen LogP contribution in [0, 0.1) is 13.8 Å². The van der Waals surface area contributed by atoms with Gasteiger partial charge in [0.2, 0.25) is 0 Å². The Morgan fingerprint density at radius 3 is 1.53 bits per heavy atom. The second-order valence-corrected chi connectivity index (χ2v) is 15.3. The molecule has 0 spiro atoms. The number of rotatable bonds is 10. The molecule has 0 fully saturated rings. The third-order valence-corrected chi connectivity index (χ3v) is 11.0. The van der Waals surface area contributed by atoms with Gasteiger partial charge in [0.25, 0.3) is 0 Å². The van der Waals surface area contributed by atoms with E-state index >= 15 is 0 Å². The number of hydrogen-bond acceptors (Lipinski definition) is 5. The maximum atomic E-state index is 14.4. The zero-order valence-electron chi connectivity index (χ0n) is 33.6. The highest BCUT2D eigenvalue weighted by Crippen LogP contribution is 2.52. The second kappa shape index (κ2) is 17.6. The summed E-state index contributed by atoms with van der Waals surface area (Å²) < 4.78 is 75.2. The fourth-order valence-corrected chi connectivity index (χ4v) is 7.89. The number of halogens is 3. The van der Waals surface area contributed by atoms with Crippen LogP contribution in [-0.2, 0) is 10.1 Å². The molecular weight excluding hydrogens is 778 g/mol. The summed E-state index contributed by atoms with van der Waals surface area (Å²) in [5, 5.41) is 1.67. The molecule has 0 aliphatic carbocycles. The summed E-state index contributed by atoms with van der Waals surface area (Å²) in [5.74, 6) is -0.510. The number of hydrogen-bond donors (Lipinski definition) is 0. The number of aryl methyl sites for hydroxylation is 2. The van der Waals surface area contributed by atoms with Crippen molar-refractivity contribution in [3.8, 4) is 28.0 Å². The highest BCUT2D eigenvalue weighted by Gasteiger charge is 2.49. The lowest BCUT2D eigenvalue weighted by molar-refractivity contribution is -0.0499. The van der Waals surface area contributed by atoms with Crippen molar-refractivity contribution >= 4 is 55.0 Å². The van der Waals surface area contributed by atoms with E-state index in [9.17, 15) is 21.6 Å². The van der Waals surface area contributed by atoms with Crippen LogP contribution < -0.4 is 14.0 Å². The summed E-state index contributed by atoms with van der Waals surface area (Å²) in [7, 11) is -6.19. The molecule has 302 valence electrons. The predicted octanol–water partition coefficient (Wildman–Crippen LogP) is 15.0. The third-order valence-electron chi connectivity index (χ3n) is 10.1. The van der Waals surface area contributed by atoms with Gasteiger partial charge in [-0.3, -0.25) is 0 Å². The first-order valence-corrected chi connectivity index (χ1v) is 21.0. The van der Waals surface area contributed by atoms with Crippen LogP contribution in [0.4, 0.5) is 47.3 Å². The lowest BCUT2D eigenvalue weighted by atomic mass is 9.94. The van der Waals surface area contributed by atoms with Gasteiger partial charge in [-0.1, -0.05) is 147 Å². The average molecular weight is 821 g/mol. The van der Waals surface area contributed by atoms with E-state index in [2.05, 4.69) is 0 Å². The first-order valence-electron chi connectivity index (χ1n) is 19.6. The van der Waals surface area contributed by atoms with Crippen molar-refractivity contribution in [2.24, 2.45) is 0 Å². The van der Waals surface area contributed by atoms with E-state index in [1.165, 1.54) is 0 Å². The highest BCUT2D eigenvalue weighted by molar-refractivity contribution is 7.88. The molecule has 0 atom stereocenters. The number of alkyl halides is 3. The first-order chi connectivity index (χ1) is 29.0. The molecule has 9 heteroatoms. The summed E-state index contributed by atoms with van der Waals surface area (Å²) in [4.78, 5) is 3.47. The molecule has 8 aromatic carbocycles. The van der Waals surface area contributed by atoms with Crippen LogP contribution in [0.5, 0.6) is 5.75 Å². The lowest BCUT2D eigenvalue weighted by Gasteiger charge is -2.33. The Kier molecular flexibility index (Phi) is 12.1. The maximum Gasteiger partial charge on any atom is 0.534 e. The Bertz CT molecular complexity index is 2810. The molecule has 0 amide bonds. The summed E-state index contributed by atoms with van der Waals surface area (Å²) in [6.45, 7) is 8.02. The summed E-state index contributed by atoms with van der Waals surface area (Å²) in [6.07, 6.45) is 0. The van der Waals surface area contributed by atoms with Gasteiger partial charge in [-0.2, -0.15) is 21.6 Å². The van der Waals surface area contributed by atoms with Crippen LogP contribution in [0.3, 0.4) is 0 Å².